The second-order valence-electron chi connectivity index (χ2n) is 7.69. The van der Waals surface area contributed by atoms with Crippen LogP contribution in [0.15, 0.2) is 97.1 Å². The van der Waals surface area contributed by atoms with Crippen LogP contribution in [0.5, 0.6) is 0 Å². The maximum atomic E-state index is 14.6. The number of Topliss-reactive ketones (excluding diaryl/α,β-unsaturated/α-hetero) is 1. The molecule has 0 saturated heterocycles. The predicted molar refractivity (Wildman–Crippen MR) is 120 cm³/mol. The van der Waals surface area contributed by atoms with Gasteiger partial charge < -0.3 is 0 Å². The number of halogens is 4. The smallest absolute Gasteiger partial charge is 0.294 e. The molecular formula is C28H18F4O. The van der Waals surface area contributed by atoms with Crippen molar-refractivity contribution in [3.05, 3.63) is 120 Å². The number of hydrogen-bond donors (Lipinski definition) is 0. The van der Waals surface area contributed by atoms with Gasteiger partial charge in [-0.1, -0.05) is 78.6 Å². The highest BCUT2D eigenvalue weighted by molar-refractivity contribution is 6.01. The number of benzene rings is 4. The number of carbonyl (C=O) groups excluding carboxylic acids is 1. The largest absolute Gasteiger partial charge is 0.409 e. The molecule has 0 aliphatic heterocycles. The maximum Gasteiger partial charge on any atom is 0.409 e. The lowest BCUT2D eigenvalue weighted by atomic mass is 9.75. The van der Waals surface area contributed by atoms with Gasteiger partial charge in [0, 0.05) is 17.5 Å². The van der Waals surface area contributed by atoms with Gasteiger partial charge in [-0.05, 0) is 46.7 Å². The van der Waals surface area contributed by atoms with Crippen molar-refractivity contribution in [3.8, 4) is 11.8 Å². The average Bonchev–Trinajstić information content (AvgIpc) is 2.82. The van der Waals surface area contributed by atoms with Crippen LogP contribution >= 0.6 is 0 Å². The van der Waals surface area contributed by atoms with E-state index in [2.05, 4.69) is 11.8 Å². The van der Waals surface area contributed by atoms with Crippen LogP contribution in [-0.2, 0) is 5.41 Å². The molecule has 0 bridgehead atoms. The van der Waals surface area contributed by atoms with Crippen LogP contribution in [0.25, 0.3) is 10.8 Å². The Labute approximate surface area is 188 Å². The van der Waals surface area contributed by atoms with Crippen LogP contribution in [0.3, 0.4) is 0 Å². The highest BCUT2D eigenvalue weighted by Crippen LogP contribution is 2.44. The summed E-state index contributed by atoms with van der Waals surface area (Å²) >= 11 is 0. The molecule has 1 unspecified atom stereocenters. The molecule has 4 rings (SSSR count). The molecule has 164 valence electrons. The number of alkyl halides is 3. The molecule has 4 aromatic carbocycles. The zero-order chi connectivity index (χ0) is 23.5. The van der Waals surface area contributed by atoms with Crippen molar-refractivity contribution in [3.63, 3.8) is 0 Å². The molecule has 1 nitrogen and oxygen atoms in total. The van der Waals surface area contributed by atoms with Crippen LogP contribution in [0, 0.1) is 17.7 Å². The molecule has 1 atom stereocenters. The van der Waals surface area contributed by atoms with E-state index in [1.165, 1.54) is 42.5 Å². The van der Waals surface area contributed by atoms with E-state index in [1.807, 2.05) is 12.1 Å². The first kappa shape index (κ1) is 22.3. The molecule has 0 aromatic heterocycles. The number of ketones is 1. The molecule has 0 spiro atoms. The summed E-state index contributed by atoms with van der Waals surface area (Å²) < 4.78 is 57.1. The lowest BCUT2D eigenvalue weighted by Crippen LogP contribution is -2.43. The zero-order valence-corrected chi connectivity index (χ0v) is 17.4. The first-order valence-corrected chi connectivity index (χ1v) is 10.2. The van der Waals surface area contributed by atoms with Gasteiger partial charge in [0.1, 0.15) is 5.82 Å². The van der Waals surface area contributed by atoms with Gasteiger partial charge in [0.25, 0.3) is 0 Å². The quantitative estimate of drug-likeness (QED) is 0.186. The van der Waals surface area contributed by atoms with Crippen LogP contribution in [0.2, 0.25) is 0 Å². The van der Waals surface area contributed by atoms with Crippen LogP contribution in [0.1, 0.15) is 27.9 Å². The summed E-state index contributed by atoms with van der Waals surface area (Å²) in [6.07, 6.45) is -5.72. The highest BCUT2D eigenvalue weighted by Gasteiger charge is 2.56. The SMILES string of the molecule is O=C(CC(C#Cc1ccc(F)cc1)(c1ccccc1)C(F)(F)F)c1ccc2ccccc2c1. The minimum absolute atomic E-state index is 0.124. The fraction of sp³-hybridized carbons (Fsp3) is 0.107. The van der Waals surface area contributed by atoms with E-state index in [1.54, 1.807) is 30.3 Å². The van der Waals surface area contributed by atoms with E-state index >= 15 is 0 Å². The minimum atomic E-state index is -4.84. The lowest BCUT2D eigenvalue weighted by Gasteiger charge is -2.31. The summed E-state index contributed by atoms with van der Waals surface area (Å²) in [7, 11) is 0. The predicted octanol–water partition coefficient (Wildman–Crippen LogP) is 7.10. The Bertz CT molecular complexity index is 1350. The van der Waals surface area contributed by atoms with Gasteiger partial charge in [-0.3, -0.25) is 4.79 Å². The molecule has 0 aliphatic rings. The van der Waals surface area contributed by atoms with E-state index in [-0.39, 0.29) is 16.7 Å². The second-order valence-corrected chi connectivity index (χ2v) is 7.69. The van der Waals surface area contributed by atoms with E-state index in [9.17, 15) is 22.4 Å². The standard InChI is InChI=1S/C28H18F4O/c29-25-14-10-20(11-15-25)16-17-27(28(30,31)32,24-8-2-1-3-9-24)19-26(33)23-13-12-21-6-4-5-7-22(21)18-23/h1-15,18H,19H2. The Hall–Kier alpha value is -3.91. The van der Waals surface area contributed by atoms with Crippen molar-refractivity contribution < 1.29 is 22.4 Å². The van der Waals surface area contributed by atoms with Crippen molar-refractivity contribution in [2.24, 2.45) is 0 Å². The van der Waals surface area contributed by atoms with Gasteiger partial charge in [-0.15, -0.1) is 0 Å². The van der Waals surface area contributed by atoms with E-state index in [4.69, 9.17) is 0 Å². The van der Waals surface area contributed by atoms with Gasteiger partial charge in [0.05, 0.1) is 0 Å². The Morgan fingerprint density at radius 2 is 1.39 bits per heavy atom. The monoisotopic (exact) mass is 446 g/mol. The Morgan fingerprint density at radius 1 is 0.758 bits per heavy atom. The highest BCUT2D eigenvalue weighted by atomic mass is 19.4. The summed E-state index contributed by atoms with van der Waals surface area (Å²) in [5, 5.41) is 1.65. The maximum absolute atomic E-state index is 14.6. The summed E-state index contributed by atoms with van der Waals surface area (Å²) in [4.78, 5) is 13.2. The van der Waals surface area contributed by atoms with E-state index in [0.29, 0.717) is 0 Å². The summed E-state index contributed by atoms with van der Waals surface area (Å²) in [6.45, 7) is 0. The molecule has 0 fully saturated rings. The molecule has 0 N–H and O–H groups in total. The third-order valence-corrected chi connectivity index (χ3v) is 5.51. The van der Waals surface area contributed by atoms with Crippen molar-refractivity contribution in [2.45, 2.75) is 18.0 Å². The van der Waals surface area contributed by atoms with Gasteiger partial charge in [0.2, 0.25) is 0 Å². The van der Waals surface area contributed by atoms with Crippen molar-refractivity contribution >= 4 is 16.6 Å². The van der Waals surface area contributed by atoms with Crippen LogP contribution in [0.4, 0.5) is 17.6 Å². The second kappa shape index (κ2) is 8.91. The number of rotatable bonds is 4. The first-order chi connectivity index (χ1) is 15.8. The molecular weight excluding hydrogens is 428 g/mol. The van der Waals surface area contributed by atoms with Crippen LogP contribution < -0.4 is 0 Å². The minimum Gasteiger partial charge on any atom is -0.294 e. The topological polar surface area (TPSA) is 17.1 Å². The normalized spacial score (nSPS) is 13.1. The Morgan fingerprint density at radius 3 is 2.06 bits per heavy atom. The molecule has 33 heavy (non-hydrogen) atoms. The third-order valence-electron chi connectivity index (χ3n) is 5.51. The van der Waals surface area contributed by atoms with Crippen molar-refractivity contribution in [2.75, 3.05) is 0 Å². The van der Waals surface area contributed by atoms with Gasteiger partial charge in [0.15, 0.2) is 11.2 Å². The fourth-order valence-corrected chi connectivity index (χ4v) is 3.69. The van der Waals surface area contributed by atoms with Crippen LogP contribution in [-0.4, -0.2) is 12.0 Å². The van der Waals surface area contributed by atoms with Gasteiger partial charge in [-0.2, -0.15) is 13.2 Å². The first-order valence-electron chi connectivity index (χ1n) is 10.2. The molecule has 0 saturated carbocycles. The van der Waals surface area contributed by atoms with Crippen molar-refractivity contribution in [1.29, 1.82) is 0 Å². The number of hydrogen-bond acceptors (Lipinski definition) is 1. The fourth-order valence-electron chi connectivity index (χ4n) is 3.69. The van der Waals surface area contributed by atoms with E-state index in [0.717, 1.165) is 22.9 Å². The molecule has 5 heteroatoms. The number of fused-ring (bicyclic) bond motifs is 1. The lowest BCUT2D eigenvalue weighted by molar-refractivity contribution is -0.172. The van der Waals surface area contributed by atoms with Gasteiger partial charge in [-0.25, -0.2) is 4.39 Å². The average molecular weight is 446 g/mol. The molecule has 4 aromatic rings. The van der Waals surface area contributed by atoms with Crippen molar-refractivity contribution in [1.82, 2.24) is 0 Å². The molecule has 0 heterocycles. The Kier molecular flexibility index (Phi) is 6.02. The summed E-state index contributed by atoms with van der Waals surface area (Å²) in [5.74, 6) is 3.67. The molecule has 0 amide bonds. The third kappa shape index (κ3) is 4.65. The Balaban J connectivity index is 1.82. The van der Waals surface area contributed by atoms with E-state index < -0.39 is 29.6 Å². The van der Waals surface area contributed by atoms with Gasteiger partial charge >= 0.3 is 6.18 Å². The molecule has 0 radical (unpaired) electrons. The summed E-state index contributed by atoms with van der Waals surface area (Å²) in [5.41, 5.74) is -2.45. The molecule has 0 aliphatic carbocycles. The zero-order valence-electron chi connectivity index (χ0n) is 17.4. The summed E-state index contributed by atoms with van der Waals surface area (Å²) in [6, 6.07) is 24.2. The number of carbonyl (C=O) groups is 1.